The van der Waals surface area contributed by atoms with Gasteiger partial charge in [-0.25, -0.2) is 15.0 Å². The third-order valence-electron chi connectivity index (χ3n) is 11.8. The number of fused-ring (bicyclic) bond motifs is 12. The molecule has 0 N–H and O–H groups in total. The van der Waals surface area contributed by atoms with Crippen molar-refractivity contribution < 1.29 is 8.83 Å². The van der Waals surface area contributed by atoms with Crippen molar-refractivity contribution in [2.24, 2.45) is 0 Å². The molecule has 0 saturated heterocycles. The van der Waals surface area contributed by atoms with Crippen molar-refractivity contribution in [3.05, 3.63) is 182 Å². The van der Waals surface area contributed by atoms with Gasteiger partial charge >= 0.3 is 0 Å². The molecule has 13 aromatic rings. The SMILES string of the molecule is c1ccc(-c2nc(-c3cccc4c3oc3ccccc34)nc(-c3cc4cc(-n5c6ccccc6c6cc7ccccc7cc65)ccc4c4c3oc3ccccc34)n2)cc1. The summed E-state index contributed by atoms with van der Waals surface area (Å²) >= 11 is 0. The summed E-state index contributed by atoms with van der Waals surface area (Å²) < 4.78 is 15.7. The first-order chi connectivity index (χ1) is 29.2. The minimum absolute atomic E-state index is 0.515. The van der Waals surface area contributed by atoms with Crippen LogP contribution >= 0.6 is 0 Å². The molecule has 6 heteroatoms. The highest BCUT2D eigenvalue weighted by atomic mass is 16.3. The molecule has 6 nitrogen and oxygen atoms in total. The Labute approximate surface area is 336 Å². The van der Waals surface area contributed by atoms with Crippen molar-refractivity contribution in [1.29, 1.82) is 0 Å². The first kappa shape index (κ1) is 32.0. The Bertz CT molecular complexity index is 3860. The number of rotatable bonds is 4. The zero-order valence-electron chi connectivity index (χ0n) is 31.4. The third-order valence-corrected chi connectivity index (χ3v) is 11.8. The quantitative estimate of drug-likeness (QED) is 0.179. The van der Waals surface area contributed by atoms with Gasteiger partial charge in [0, 0.05) is 43.6 Å². The molecule has 0 aliphatic heterocycles. The highest BCUT2D eigenvalue weighted by Crippen LogP contribution is 2.43. The summed E-state index contributed by atoms with van der Waals surface area (Å²) in [6, 6.07) is 63.4. The molecule has 9 aromatic carbocycles. The van der Waals surface area contributed by atoms with Crippen LogP contribution in [0.25, 0.3) is 127 Å². The molecule has 0 amide bonds. The Kier molecular flexibility index (Phi) is 6.63. The summed E-state index contributed by atoms with van der Waals surface area (Å²) in [5.41, 5.74) is 8.93. The molecule has 0 unspecified atom stereocenters. The molecular formula is C53H30N4O2. The number of aromatic nitrogens is 4. The predicted octanol–water partition coefficient (Wildman–Crippen LogP) is 14.1. The number of para-hydroxylation sites is 4. The Morgan fingerprint density at radius 3 is 1.85 bits per heavy atom. The van der Waals surface area contributed by atoms with E-state index in [1.54, 1.807) is 0 Å². The minimum Gasteiger partial charge on any atom is -0.455 e. The van der Waals surface area contributed by atoms with E-state index in [1.165, 1.54) is 21.5 Å². The Morgan fingerprint density at radius 2 is 1.00 bits per heavy atom. The number of benzene rings is 9. The fourth-order valence-electron chi connectivity index (χ4n) is 9.12. The molecule has 13 rings (SSSR count). The van der Waals surface area contributed by atoms with E-state index < -0.39 is 0 Å². The summed E-state index contributed by atoms with van der Waals surface area (Å²) in [4.78, 5) is 15.6. The second-order valence-corrected chi connectivity index (χ2v) is 15.2. The second kappa shape index (κ2) is 12.2. The summed E-state index contributed by atoms with van der Waals surface area (Å²) in [6.45, 7) is 0. The molecule has 0 aliphatic carbocycles. The fraction of sp³-hybridized carbons (Fsp3) is 0. The zero-order valence-corrected chi connectivity index (χ0v) is 31.4. The largest absolute Gasteiger partial charge is 0.455 e. The van der Waals surface area contributed by atoms with E-state index >= 15 is 0 Å². The highest BCUT2D eigenvalue weighted by molar-refractivity contribution is 6.23. The molecule has 274 valence electrons. The normalized spacial score (nSPS) is 12.1. The molecule has 4 aromatic heterocycles. The second-order valence-electron chi connectivity index (χ2n) is 15.2. The van der Waals surface area contributed by atoms with Crippen LogP contribution in [0.5, 0.6) is 0 Å². The Hall–Kier alpha value is -8.09. The first-order valence-electron chi connectivity index (χ1n) is 19.8. The van der Waals surface area contributed by atoms with Gasteiger partial charge in [0.2, 0.25) is 0 Å². The van der Waals surface area contributed by atoms with Crippen LogP contribution in [0.4, 0.5) is 0 Å². The molecular weight excluding hydrogens is 725 g/mol. The van der Waals surface area contributed by atoms with Crippen molar-refractivity contribution in [3.63, 3.8) is 0 Å². The van der Waals surface area contributed by atoms with E-state index in [0.717, 1.165) is 88.1 Å². The Balaban J connectivity index is 1.10. The summed E-state index contributed by atoms with van der Waals surface area (Å²) in [7, 11) is 0. The van der Waals surface area contributed by atoms with Crippen LogP contribution in [-0.4, -0.2) is 19.5 Å². The predicted molar refractivity (Wildman–Crippen MR) is 240 cm³/mol. The van der Waals surface area contributed by atoms with Crippen LogP contribution in [0.1, 0.15) is 0 Å². The minimum atomic E-state index is 0.515. The molecule has 0 bridgehead atoms. The van der Waals surface area contributed by atoms with Gasteiger partial charge in [-0.1, -0.05) is 127 Å². The van der Waals surface area contributed by atoms with Gasteiger partial charge in [-0.15, -0.1) is 0 Å². The lowest BCUT2D eigenvalue weighted by Gasteiger charge is -2.13. The van der Waals surface area contributed by atoms with Gasteiger partial charge in [0.1, 0.15) is 22.3 Å². The number of furan rings is 2. The van der Waals surface area contributed by atoms with Crippen LogP contribution in [0.15, 0.2) is 191 Å². The number of hydrogen-bond donors (Lipinski definition) is 0. The van der Waals surface area contributed by atoms with Crippen molar-refractivity contribution in [2.45, 2.75) is 0 Å². The fourth-order valence-corrected chi connectivity index (χ4v) is 9.12. The number of nitrogens with zero attached hydrogens (tertiary/aromatic N) is 4. The lowest BCUT2D eigenvalue weighted by molar-refractivity contribution is 0.669. The molecule has 4 heterocycles. The average molecular weight is 755 g/mol. The van der Waals surface area contributed by atoms with E-state index in [9.17, 15) is 0 Å². The topological polar surface area (TPSA) is 69.9 Å². The van der Waals surface area contributed by atoms with Gasteiger partial charge in [0.25, 0.3) is 0 Å². The van der Waals surface area contributed by atoms with E-state index in [-0.39, 0.29) is 0 Å². The summed E-state index contributed by atoms with van der Waals surface area (Å²) in [5.74, 6) is 1.60. The molecule has 0 saturated carbocycles. The lowest BCUT2D eigenvalue weighted by Crippen LogP contribution is -2.01. The maximum atomic E-state index is 6.78. The van der Waals surface area contributed by atoms with Gasteiger partial charge in [-0.2, -0.15) is 0 Å². The van der Waals surface area contributed by atoms with E-state index in [2.05, 4.69) is 114 Å². The smallest absolute Gasteiger partial charge is 0.167 e. The Morgan fingerprint density at radius 1 is 0.356 bits per heavy atom. The third kappa shape index (κ3) is 4.77. The molecule has 0 radical (unpaired) electrons. The van der Waals surface area contributed by atoms with Crippen molar-refractivity contribution in [2.75, 3.05) is 0 Å². The molecule has 0 spiro atoms. The lowest BCUT2D eigenvalue weighted by atomic mass is 9.99. The van der Waals surface area contributed by atoms with Crippen LogP contribution in [0.3, 0.4) is 0 Å². The molecule has 0 aliphatic rings. The monoisotopic (exact) mass is 754 g/mol. The van der Waals surface area contributed by atoms with E-state index in [4.69, 9.17) is 23.8 Å². The highest BCUT2D eigenvalue weighted by Gasteiger charge is 2.23. The molecule has 0 fully saturated rings. The van der Waals surface area contributed by atoms with Gasteiger partial charge in [-0.05, 0) is 76.1 Å². The van der Waals surface area contributed by atoms with Crippen LogP contribution in [0, 0.1) is 0 Å². The van der Waals surface area contributed by atoms with E-state index in [0.29, 0.717) is 17.5 Å². The van der Waals surface area contributed by atoms with Gasteiger partial charge in [0.05, 0.1) is 22.2 Å². The standard InChI is InChI=1S/C53H30N4O2/c1-2-13-31(14-3-1)51-54-52(41-21-12-20-39-38-18-7-10-23-46(38)58-49(39)41)56-53(55-51)43-29-34-27-35(25-26-36(34)48-40-19-8-11-24-47(40)59-50(43)48)57-44-22-9-6-17-37(44)42-28-32-15-4-5-16-33(32)30-45(42)57/h1-30H. The van der Waals surface area contributed by atoms with E-state index in [1.807, 2.05) is 72.8 Å². The van der Waals surface area contributed by atoms with Gasteiger partial charge < -0.3 is 13.4 Å². The van der Waals surface area contributed by atoms with Crippen molar-refractivity contribution in [3.8, 4) is 39.9 Å². The van der Waals surface area contributed by atoms with Crippen LogP contribution in [0.2, 0.25) is 0 Å². The maximum absolute atomic E-state index is 6.78. The average Bonchev–Trinajstić information content (AvgIpc) is 3.98. The maximum Gasteiger partial charge on any atom is 0.167 e. The van der Waals surface area contributed by atoms with Crippen molar-refractivity contribution >= 4 is 87.2 Å². The molecule has 0 atom stereocenters. The summed E-state index contributed by atoms with van der Waals surface area (Å²) in [6.07, 6.45) is 0. The zero-order chi connectivity index (χ0) is 38.6. The van der Waals surface area contributed by atoms with Crippen molar-refractivity contribution in [1.82, 2.24) is 19.5 Å². The van der Waals surface area contributed by atoms with Gasteiger partial charge in [0.15, 0.2) is 17.5 Å². The van der Waals surface area contributed by atoms with Crippen LogP contribution < -0.4 is 0 Å². The molecule has 59 heavy (non-hydrogen) atoms. The first-order valence-corrected chi connectivity index (χ1v) is 19.8. The van der Waals surface area contributed by atoms with Crippen LogP contribution in [-0.2, 0) is 0 Å². The summed E-state index contributed by atoms with van der Waals surface area (Å²) in [5, 5.41) is 11.1. The van der Waals surface area contributed by atoms with Gasteiger partial charge in [-0.3, -0.25) is 0 Å². The number of hydrogen-bond acceptors (Lipinski definition) is 5.